The molecule has 0 aliphatic heterocycles. The van der Waals surface area contributed by atoms with E-state index in [9.17, 15) is 12.8 Å². The van der Waals surface area contributed by atoms with Crippen LogP contribution in [-0.2, 0) is 23.1 Å². The molecule has 2 rings (SSSR count). The van der Waals surface area contributed by atoms with Crippen molar-refractivity contribution in [2.24, 2.45) is 5.14 Å². The monoisotopic (exact) mass is 300 g/mol. The Kier molecular flexibility index (Phi) is 4.31. The van der Waals surface area contributed by atoms with Crippen LogP contribution in [0.4, 0.5) is 4.39 Å². The van der Waals surface area contributed by atoms with Gasteiger partial charge in [-0.1, -0.05) is 12.1 Å². The molecule has 0 saturated heterocycles. The summed E-state index contributed by atoms with van der Waals surface area (Å²) >= 11 is 1.10. The molecule has 1 heterocycles. The smallest absolute Gasteiger partial charge is 0.238 e. The minimum absolute atomic E-state index is 0.0941. The third-order valence-electron chi connectivity index (χ3n) is 2.51. The lowest BCUT2D eigenvalue weighted by Crippen LogP contribution is -2.13. The van der Waals surface area contributed by atoms with Gasteiger partial charge in [0.2, 0.25) is 10.0 Å². The van der Waals surface area contributed by atoms with E-state index in [1.807, 2.05) is 0 Å². The second-order valence-electron chi connectivity index (χ2n) is 4.00. The summed E-state index contributed by atoms with van der Waals surface area (Å²) in [5.41, 5.74) is 0.935. The van der Waals surface area contributed by atoms with Crippen molar-refractivity contribution in [2.75, 3.05) is 0 Å². The Bertz CT molecular complexity index is 651. The number of hydrogen-bond donors (Lipinski definition) is 2. The van der Waals surface area contributed by atoms with E-state index in [0.717, 1.165) is 21.8 Å². The van der Waals surface area contributed by atoms with Gasteiger partial charge < -0.3 is 5.32 Å². The van der Waals surface area contributed by atoms with Crippen molar-refractivity contribution in [3.63, 3.8) is 0 Å². The number of primary sulfonamides is 1. The summed E-state index contributed by atoms with van der Waals surface area (Å²) in [6.07, 6.45) is 0. The maximum Gasteiger partial charge on any atom is 0.238 e. The Morgan fingerprint density at radius 2 is 1.79 bits per heavy atom. The van der Waals surface area contributed by atoms with Crippen molar-refractivity contribution in [3.05, 3.63) is 52.0 Å². The molecule has 2 aromatic rings. The molecule has 0 unspecified atom stereocenters. The van der Waals surface area contributed by atoms with Crippen molar-refractivity contribution in [2.45, 2.75) is 18.0 Å². The van der Waals surface area contributed by atoms with Gasteiger partial charge in [0.05, 0.1) is 4.90 Å². The molecule has 0 aliphatic rings. The lowest BCUT2D eigenvalue weighted by atomic mass is 10.2. The van der Waals surface area contributed by atoms with E-state index in [-0.39, 0.29) is 10.0 Å². The third kappa shape index (κ3) is 4.10. The lowest BCUT2D eigenvalue weighted by Gasteiger charge is -2.04. The van der Waals surface area contributed by atoms with Gasteiger partial charge in [-0.3, -0.25) is 0 Å². The summed E-state index contributed by atoms with van der Waals surface area (Å²) in [6, 6.07) is 9.50. The molecule has 0 fully saturated rings. The van der Waals surface area contributed by atoms with Gasteiger partial charge in [-0.15, -0.1) is 11.3 Å². The van der Waals surface area contributed by atoms with Crippen LogP contribution < -0.4 is 10.5 Å². The number of halogens is 1. The molecular formula is C12H13FN2O2S2. The van der Waals surface area contributed by atoms with E-state index >= 15 is 0 Å². The fourth-order valence-electron chi connectivity index (χ4n) is 1.57. The van der Waals surface area contributed by atoms with E-state index in [0.29, 0.717) is 13.1 Å². The van der Waals surface area contributed by atoms with Crippen molar-refractivity contribution >= 4 is 21.4 Å². The highest BCUT2D eigenvalue weighted by Gasteiger charge is 2.06. The highest BCUT2D eigenvalue weighted by Crippen LogP contribution is 2.14. The standard InChI is InChI=1S/C12H13FN2O2S2/c13-12-6-3-10(18-12)8-15-7-9-1-4-11(5-2-9)19(14,16)17/h1-6,15H,7-8H2,(H2,14,16,17). The van der Waals surface area contributed by atoms with Crippen LogP contribution in [0.15, 0.2) is 41.3 Å². The third-order valence-corrected chi connectivity index (χ3v) is 4.31. The van der Waals surface area contributed by atoms with E-state index in [1.54, 1.807) is 18.2 Å². The van der Waals surface area contributed by atoms with Crippen LogP contribution in [0.3, 0.4) is 0 Å². The molecule has 0 bridgehead atoms. The van der Waals surface area contributed by atoms with E-state index in [1.165, 1.54) is 18.2 Å². The SMILES string of the molecule is NS(=O)(=O)c1ccc(CNCc2ccc(F)s2)cc1. The summed E-state index contributed by atoms with van der Waals surface area (Å²) in [7, 11) is -3.64. The van der Waals surface area contributed by atoms with Gasteiger partial charge in [0.25, 0.3) is 0 Å². The quantitative estimate of drug-likeness (QED) is 0.885. The summed E-state index contributed by atoms with van der Waals surface area (Å²) < 4.78 is 34.9. The number of nitrogens with two attached hydrogens (primary N) is 1. The normalized spacial score (nSPS) is 11.7. The van der Waals surface area contributed by atoms with Crippen molar-refractivity contribution in [1.29, 1.82) is 0 Å². The molecule has 0 spiro atoms. The minimum atomic E-state index is -3.64. The number of nitrogens with one attached hydrogen (secondary N) is 1. The average molecular weight is 300 g/mol. The molecule has 0 saturated carbocycles. The first-order chi connectivity index (χ1) is 8.95. The minimum Gasteiger partial charge on any atom is -0.308 e. The van der Waals surface area contributed by atoms with Gasteiger partial charge in [-0.05, 0) is 29.8 Å². The Morgan fingerprint density at radius 1 is 1.11 bits per heavy atom. The van der Waals surface area contributed by atoms with Crippen LogP contribution in [0.25, 0.3) is 0 Å². The molecule has 102 valence electrons. The molecule has 1 aromatic carbocycles. The Labute approximate surface area is 115 Å². The maximum absolute atomic E-state index is 12.8. The van der Waals surface area contributed by atoms with Crippen molar-refractivity contribution in [1.82, 2.24) is 5.32 Å². The number of hydrogen-bond acceptors (Lipinski definition) is 4. The fraction of sp³-hybridized carbons (Fsp3) is 0.167. The Balaban J connectivity index is 1.90. The molecular weight excluding hydrogens is 287 g/mol. The van der Waals surface area contributed by atoms with E-state index in [4.69, 9.17) is 5.14 Å². The number of thiophene rings is 1. The predicted octanol–water partition coefficient (Wildman–Crippen LogP) is 1.82. The maximum atomic E-state index is 12.8. The first-order valence-corrected chi connectivity index (χ1v) is 7.88. The van der Waals surface area contributed by atoms with Crippen molar-refractivity contribution in [3.8, 4) is 0 Å². The highest BCUT2D eigenvalue weighted by molar-refractivity contribution is 7.89. The summed E-state index contributed by atoms with van der Waals surface area (Å²) in [4.78, 5) is 1.01. The van der Waals surface area contributed by atoms with Crippen molar-refractivity contribution < 1.29 is 12.8 Å². The zero-order valence-corrected chi connectivity index (χ0v) is 11.6. The fourth-order valence-corrected chi connectivity index (χ4v) is 2.79. The van der Waals surface area contributed by atoms with Gasteiger partial charge in [0, 0.05) is 18.0 Å². The second kappa shape index (κ2) is 5.79. The zero-order chi connectivity index (χ0) is 13.9. The van der Waals surface area contributed by atoms with Crippen LogP contribution in [0.5, 0.6) is 0 Å². The first-order valence-electron chi connectivity index (χ1n) is 5.52. The van der Waals surface area contributed by atoms with Crippen LogP contribution in [-0.4, -0.2) is 8.42 Å². The topological polar surface area (TPSA) is 72.2 Å². The predicted molar refractivity (Wildman–Crippen MR) is 72.6 cm³/mol. The number of benzene rings is 1. The van der Waals surface area contributed by atoms with Crippen LogP contribution in [0.2, 0.25) is 0 Å². The van der Waals surface area contributed by atoms with Gasteiger partial charge in [0.1, 0.15) is 0 Å². The molecule has 0 atom stereocenters. The molecule has 1 aromatic heterocycles. The summed E-state index contributed by atoms with van der Waals surface area (Å²) in [6.45, 7) is 1.15. The average Bonchev–Trinajstić information content (AvgIpc) is 2.75. The molecule has 0 amide bonds. The number of sulfonamides is 1. The van der Waals surface area contributed by atoms with Gasteiger partial charge in [-0.2, -0.15) is 4.39 Å². The highest BCUT2D eigenvalue weighted by atomic mass is 32.2. The zero-order valence-electron chi connectivity index (χ0n) is 9.97. The Morgan fingerprint density at radius 3 is 2.32 bits per heavy atom. The molecule has 19 heavy (non-hydrogen) atoms. The Hall–Kier alpha value is -1.28. The van der Waals surface area contributed by atoms with Gasteiger partial charge >= 0.3 is 0 Å². The molecule has 4 nitrogen and oxygen atoms in total. The molecule has 0 aliphatic carbocycles. The molecule has 3 N–H and O–H groups in total. The lowest BCUT2D eigenvalue weighted by molar-refractivity contribution is 0.597. The van der Waals surface area contributed by atoms with E-state index in [2.05, 4.69) is 5.32 Å². The largest absolute Gasteiger partial charge is 0.308 e. The van der Waals surface area contributed by atoms with Crippen LogP contribution >= 0.6 is 11.3 Å². The van der Waals surface area contributed by atoms with Gasteiger partial charge in [-0.25, -0.2) is 13.6 Å². The summed E-state index contributed by atoms with van der Waals surface area (Å²) in [5.74, 6) is 0. The molecule has 0 radical (unpaired) electrons. The van der Waals surface area contributed by atoms with Gasteiger partial charge in [0.15, 0.2) is 5.13 Å². The molecule has 7 heteroatoms. The number of rotatable bonds is 5. The first kappa shape index (κ1) is 14.1. The summed E-state index contributed by atoms with van der Waals surface area (Å²) in [5, 5.41) is 7.96. The van der Waals surface area contributed by atoms with Crippen LogP contribution in [0.1, 0.15) is 10.4 Å². The van der Waals surface area contributed by atoms with Crippen LogP contribution in [0, 0.1) is 5.13 Å². The second-order valence-corrected chi connectivity index (χ2v) is 6.68. The van der Waals surface area contributed by atoms with E-state index < -0.39 is 10.0 Å².